The van der Waals surface area contributed by atoms with Gasteiger partial charge in [0.2, 0.25) is 0 Å². The molecule has 6 heteroatoms. The van der Waals surface area contributed by atoms with Crippen molar-refractivity contribution in [2.45, 2.75) is 0 Å². The molecule has 0 aromatic carbocycles. The molecule has 0 aliphatic rings. The molecular weight excluding hydrogens is 225 g/mol. The summed E-state index contributed by atoms with van der Waals surface area (Å²) >= 11 is 11.6. The zero-order chi connectivity index (χ0) is 10.6. The minimum Gasteiger partial charge on any atom is -0.399 e. The van der Waals surface area contributed by atoms with Gasteiger partial charge in [0.1, 0.15) is 18.5 Å². The monoisotopic (exact) mass is 233 g/mol. The van der Waals surface area contributed by atoms with E-state index in [1.807, 2.05) is 0 Å². The zero-order valence-electron chi connectivity index (χ0n) is 7.50. The number of pyridine rings is 1. The summed E-state index contributed by atoms with van der Waals surface area (Å²) < 4.78 is 0. The lowest BCUT2D eigenvalue weighted by Crippen LogP contribution is -2.17. The van der Waals surface area contributed by atoms with E-state index in [1.54, 1.807) is 6.07 Å². The Morgan fingerprint density at radius 1 is 1.64 bits per heavy atom. The molecule has 0 amide bonds. The number of hydrogen-bond donors (Lipinski definition) is 1. The average molecular weight is 234 g/mol. The summed E-state index contributed by atoms with van der Waals surface area (Å²) in [6.07, 6.45) is 1.48. The first kappa shape index (κ1) is 11.2. The molecule has 0 bridgehead atoms. The van der Waals surface area contributed by atoms with Gasteiger partial charge in [-0.3, -0.25) is 4.98 Å². The fourth-order valence-corrected chi connectivity index (χ4v) is 1.40. The minimum atomic E-state index is 0.197. The third-order valence-electron chi connectivity index (χ3n) is 1.48. The highest BCUT2D eigenvalue weighted by molar-refractivity contribution is 6.36. The van der Waals surface area contributed by atoms with E-state index in [0.29, 0.717) is 21.5 Å². The maximum atomic E-state index is 5.90. The molecule has 0 saturated heterocycles. The van der Waals surface area contributed by atoms with Gasteiger partial charge in [-0.15, -0.1) is 0 Å². The Labute approximate surface area is 91.7 Å². The Bertz CT molecular complexity index is 354. The fourth-order valence-electron chi connectivity index (χ4n) is 0.914. The Morgan fingerprint density at radius 2 is 2.36 bits per heavy atom. The topological polar surface area (TPSA) is 60.5 Å². The normalized spacial score (nSPS) is 11.6. The van der Waals surface area contributed by atoms with Crippen LogP contribution in [0.15, 0.2) is 17.4 Å². The van der Waals surface area contributed by atoms with Crippen LogP contribution in [0.5, 0.6) is 0 Å². The molecule has 1 aromatic heterocycles. The summed E-state index contributed by atoms with van der Waals surface area (Å²) in [5.41, 5.74) is 6.42. The van der Waals surface area contributed by atoms with E-state index in [2.05, 4.69) is 15.0 Å². The molecular formula is C8H9Cl2N3O. The standard InChI is InChI=1S/C8H9Cl2N3O/c1-14-13-7(3-11)8-6(10)2-5(9)4-12-8/h2,4H,3,11H2,1H3. The highest BCUT2D eigenvalue weighted by Crippen LogP contribution is 2.18. The van der Waals surface area contributed by atoms with Gasteiger partial charge in [-0.2, -0.15) is 0 Å². The summed E-state index contributed by atoms with van der Waals surface area (Å²) in [5, 5.41) is 4.57. The molecule has 14 heavy (non-hydrogen) atoms. The summed E-state index contributed by atoms with van der Waals surface area (Å²) in [5.74, 6) is 0. The van der Waals surface area contributed by atoms with Crippen molar-refractivity contribution in [1.82, 2.24) is 4.98 Å². The molecule has 0 saturated carbocycles. The van der Waals surface area contributed by atoms with Crippen molar-refractivity contribution in [1.29, 1.82) is 0 Å². The van der Waals surface area contributed by atoms with Crippen molar-refractivity contribution in [2.24, 2.45) is 10.9 Å². The summed E-state index contributed by atoms with van der Waals surface area (Å²) in [4.78, 5) is 8.62. The maximum Gasteiger partial charge on any atom is 0.120 e. The quantitative estimate of drug-likeness (QED) is 0.639. The molecule has 4 nitrogen and oxygen atoms in total. The third kappa shape index (κ3) is 2.57. The smallest absolute Gasteiger partial charge is 0.120 e. The Kier molecular flexibility index (Phi) is 4.13. The van der Waals surface area contributed by atoms with Gasteiger partial charge in [-0.1, -0.05) is 28.4 Å². The summed E-state index contributed by atoms with van der Waals surface area (Å²) in [7, 11) is 1.43. The molecule has 2 N–H and O–H groups in total. The van der Waals surface area contributed by atoms with E-state index in [1.165, 1.54) is 13.3 Å². The van der Waals surface area contributed by atoms with Crippen LogP contribution in [0.3, 0.4) is 0 Å². The lowest BCUT2D eigenvalue weighted by molar-refractivity contribution is 0.213. The van der Waals surface area contributed by atoms with Crippen LogP contribution >= 0.6 is 23.2 Å². The predicted octanol–water partition coefficient (Wildman–Crippen LogP) is 1.70. The summed E-state index contributed by atoms with van der Waals surface area (Å²) in [6, 6.07) is 1.58. The Hall–Kier alpha value is -0.840. The van der Waals surface area contributed by atoms with Gasteiger partial charge in [0, 0.05) is 12.7 Å². The highest BCUT2D eigenvalue weighted by Gasteiger charge is 2.09. The van der Waals surface area contributed by atoms with Crippen LogP contribution < -0.4 is 5.73 Å². The number of aromatic nitrogens is 1. The zero-order valence-corrected chi connectivity index (χ0v) is 9.01. The van der Waals surface area contributed by atoms with Gasteiger partial charge in [0.05, 0.1) is 10.0 Å². The Morgan fingerprint density at radius 3 is 2.86 bits per heavy atom. The van der Waals surface area contributed by atoms with Crippen LogP contribution in [0.25, 0.3) is 0 Å². The van der Waals surface area contributed by atoms with E-state index < -0.39 is 0 Å². The van der Waals surface area contributed by atoms with Crippen LogP contribution in [-0.2, 0) is 4.84 Å². The van der Waals surface area contributed by atoms with Crippen molar-refractivity contribution >= 4 is 28.9 Å². The summed E-state index contributed by atoms with van der Waals surface area (Å²) in [6.45, 7) is 0.197. The average Bonchev–Trinajstić information content (AvgIpc) is 2.15. The predicted molar refractivity (Wildman–Crippen MR) is 56.9 cm³/mol. The largest absolute Gasteiger partial charge is 0.399 e. The van der Waals surface area contributed by atoms with Crippen molar-refractivity contribution in [2.75, 3.05) is 13.7 Å². The van der Waals surface area contributed by atoms with Crippen LogP contribution in [-0.4, -0.2) is 24.4 Å². The number of rotatable bonds is 3. The molecule has 0 radical (unpaired) electrons. The van der Waals surface area contributed by atoms with Crippen molar-refractivity contribution in [3.05, 3.63) is 28.0 Å². The number of nitrogens with zero attached hydrogens (tertiary/aromatic N) is 2. The van der Waals surface area contributed by atoms with E-state index in [9.17, 15) is 0 Å². The molecule has 0 atom stereocenters. The van der Waals surface area contributed by atoms with E-state index in [4.69, 9.17) is 28.9 Å². The second-order valence-corrected chi connectivity index (χ2v) is 3.25. The molecule has 0 unspecified atom stereocenters. The Balaban J connectivity index is 3.11. The minimum absolute atomic E-state index is 0.197. The van der Waals surface area contributed by atoms with Gasteiger partial charge < -0.3 is 10.6 Å². The first-order valence-electron chi connectivity index (χ1n) is 3.80. The molecule has 1 heterocycles. The van der Waals surface area contributed by atoms with Crippen LogP contribution in [0, 0.1) is 0 Å². The first-order chi connectivity index (χ1) is 6.69. The molecule has 1 rings (SSSR count). The van der Waals surface area contributed by atoms with Crippen molar-refractivity contribution in [3.8, 4) is 0 Å². The number of hydrogen-bond acceptors (Lipinski definition) is 4. The van der Waals surface area contributed by atoms with Gasteiger partial charge in [-0.25, -0.2) is 0 Å². The van der Waals surface area contributed by atoms with Gasteiger partial charge >= 0.3 is 0 Å². The molecule has 1 aromatic rings. The lowest BCUT2D eigenvalue weighted by Gasteiger charge is -2.04. The molecule has 0 fully saturated rings. The van der Waals surface area contributed by atoms with Crippen LogP contribution in [0.2, 0.25) is 10.0 Å². The van der Waals surface area contributed by atoms with Gasteiger partial charge in [0.15, 0.2) is 0 Å². The number of nitrogens with two attached hydrogens (primary N) is 1. The first-order valence-corrected chi connectivity index (χ1v) is 4.56. The molecule has 0 aliphatic heterocycles. The van der Waals surface area contributed by atoms with Crippen LogP contribution in [0.4, 0.5) is 0 Å². The second kappa shape index (κ2) is 5.14. The van der Waals surface area contributed by atoms with Gasteiger partial charge in [0.25, 0.3) is 0 Å². The molecule has 0 aliphatic carbocycles. The SMILES string of the molecule is CON=C(CN)c1ncc(Cl)cc1Cl. The molecule has 76 valence electrons. The lowest BCUT2D eigenvalue weighted by atomic mass is 10.2. The van der Waals surface area contributed by atoms with Crippen molar-refractivity contribution < 1.29 is 4.84 Å². The van der Waals surface area contributed by atoms with Crippen LogP contribution in [0.1, 0.15) is 5.69 Å². The number of oxime groups is 1. The van der Waals surface area contributed by atoms with E-state index in [0.717, 1.165) is 0 Å². The van der Waals surface area contributed by atoms with E-state index in [-0.39, 0.29) is 6.54 Å². The van der Waals surface area contributed by atoms with Crippen molar-refractivity contribution in [3.63, 3.8) is 0 Å². The fraction of sp³-hybridized carbons (Fsp3) is 0.250. The van der Waals surface area contributed by atoms with Gasteiger partial charge in [-0.05, 0) is 6.07 Å². The second-order valence-electron chi connectivity index (χ2n) is 2.41. The highest BCUT2D eigenvalue weighted by atomic mass is 35.5. The third-order valence-corrected chi connectivity index (χ3v) is 1.97. The van der Waals surface area contributed by atoms with E-state index >= 15 is 0 Å². The molecule has 0 spiro atoms. The number of halogens is 2. The maximum absolute atomic E-state index is 5.90.